The standard InChI is InChI=1S/C18H18Cl2N2O3/c19-11-2-1-3-12(16(11)20)21-13(23)6-7-22-17(24)14-9-4-5-10(8-9)15(14)18(22)25/h1-3,9-10,14-15H,4-8H2,(H,21,23). The van der Waals surface area contributed by atoms with Crippen LogP contribution in [0.25, 0.3) is 0 Å². The zero-order valence-corrected chi connectivity index (χ0v) is 15.0. The first kappa shape index (κ1) is 16.9. The van der Waals surface area contributed by atoms with Crippen LogP contribution in [0.5, 0.6) is 0 Å². The van der Waals surface area contributed by atoms with Crippen molar-refractivity contribution in [2.24, 2.45) is 23.7 Å². The molecule has 1 heterocycles. The van der Waals surface area contributed by atoms with E-state index in [1.54, 1.807) is 18.2 Å². The molecule has 0 aromatic heterocycles. The third-order valence-corrected chi connectivity index (χ3v) is 6.63. The molecule has 4 unspecified atom stereocenters. The first-order valence-corrected chi connectivity index (χ1v) is 9.32. The van der Waals surface area contributed by atoms with Crippen LogP contribution in [0.4, 0.5) is 5.69 Å². The summed E-state index contributed by atoms with van der Waals surface area (Å²) in [7, 11) is 0. The molecule has 4 rings (SSSR count). The Morgan fingerprint density at radius 2 is 1.76 bits per heavy atom. The Morgan fingerprint density at radius 3 is 2.40 bits per heavy atom. The first-order valence-electron chi connectivity index (χ1n) is 8.56. The monoisotopic (exact) mass is 380 g/mol. The first-order chi connectivity index (χ1) is 12.0. The molecule has 5 nitrogen and oxygen atoms in total. The number of nitrogens with zero attached hydrogens (tertiary/aromatic N) is 1. The summed E-state index contributed by atoms with van der Waals surface area (Å²) in [6.45, 7) is 0.119. The van der Waals surface area contributed by atoms with E-state index in [2.05, 4.69) is 5.32 Å². The molecule has 2 aliphatic carbocycles. The Morgan fingerprint density at radius 1 is 1.12 bits per heavy atom. The molecule has 2 saturated carbocycles. The molecule has 1 N–H and O–H groups in total. The molecule has 1 aromatic carbocycles. The maximum absolute atomic E-state index is 12.6. The Balaban J connectivity index is 1.38. The van der Waals surface area contributed by atoms with Crippen molar-refractivity contribution >= 4 is 46.6 Å². The second-order valence-electron chi connectivity index (χ2n) is 7.11. The van der Waals surface area contributed by atoms with Crippen molar-refractivity contribution in [2.45, 2.75) is 25.7 Å². The number of benzene rings is 1. The molecule has 1 aliphatic heterocycles. The van der Waals surface area contributed by atoms with Crippen LogP contribution in [0, 0.1) is 23.7 Å². The van der Waals surface area contributed by atoms with Gasteiger partial charge in [-0.3, -0.25) is 19.3 Å². The maximum Gasteiger partial charge on any atom is 0.233 e. The molecule has 0 radical (unpaired) electrons. The highest BCUT2D eigenvalue weighted by molar-refractivity contribution is 6.44. The van der Waals surface area contributed by atoms with Gasteiger partial charge in [0, 0.05) is 13.0 Å². The lowest BCUT2D eigenvalue weighted by Crippen LogP contribution is -2.35. The minimum Gasteiger partial charge on any atom is -0.325 e. The number of hydrogen-bond acceptors (Lipinski definition) is 3. The molecule has 7 heteroatoms. The van der Waals surface area contributed by atoms with Crippen LogP contribution >= 0.6 is 23.2 Å². The average Bonchev–Trinajstić information content (AvgIpc) is 3.25. The van der Waals surface area contributed by atoms with Gasteiger partial charge in [0.15, 0.2) is 0 Å². The number of carbonyl (C=O) groups is 3. The van der Waals surface area contributed by atoms with E-state index in [0.717, 1.165) is 19.3 Å². The summed E-state index contributed by atoms with van der Waals surface area (Å²) >= 11 is 12.0. The molecule has 132 valence electrons. The molecular formula is C18H18Cl2N2O3. The summed E-state index contributed by atoms with van der Waals surface area (Å²) in [5.41, 5.74) is 0.424. The van der Waals surface area contributed by atoms with Crippen LogP contribution in [0.15, 0.2) is 18.2 Å². The number of hydrogen-bond donors (Lipinski definition) is 1. The Kier molecular flexibility index (Phi) is 4.24. The lowest BCUT2D eigenvalue weighted by Gasteiger charge is -2.19. The van der Waals surface area contributed by atoms with Gasteiger partial charge in [0.1, 0.15) is 0 Å². The Hall–Kier alpha value is -1.59. The number of nitrogens with one attached hydrogen (secondary N) is 1. The molecule has 1 saturated heterocycles. The van der Waals surface area contributed by atoms with Crippen LogP contribution in [-0.2, 0) is 14.4 Å². The number of likely N-dealkylation sites (tertiary alicyclic amines) is 1. The smallest absolute Gasteiger partial charge is 0.233 e. The normalized spacial score (nSPS) is 30.1. The van der Waals surface area contributed by atoms with Crippen molar-refractivity contribution in [3.05, 3.63) is 28.2 Å². The van der Waals surface area contributed by atoms with E-state index in [1.165, 1.54) is 4.90 Å². The number of fused-ring (bicyclic) bond motifs is 5. The van der Waals surface area contributed by atoms with Crippen molar-refractivity contribution in [1.82, 2.24) is 4.90 Å². The highest BCUT2D eigenvalue weighted by atomic mass is 35.5. The van der Waals surface area contributed by atoms with Crippen molar-refractivity contribution in [3.8, 4) is 0 Å². The number of halogens is 2. The minimum atomic E-state index is -0.301. The number of carbonyl (C=O) groups excluding carboxylic acids is 3. The summed E-state index contributed by atoms with van der Waals surface area (Å²) in [6, 6.07) is 4.98. The predicted molar refractivity (Wildman–Crippen MR) is 94.2 cm³/mol. The van der Waals surface area contributed by atoms with E-state index in [-0.39, 0.29) is 47.5 Å². The van der Waals surface area contributed by atoms with Crippen LogP contribution in [0.2, 0.25) is 10.0 Å². The highest BCUT2D eigenvalue weighted by Gasteiger charge is 2.60. The summed E-state index contributed by atoms with van der Waals surface area (Å²) in [5.74, 6) is -0.0455. The fourth-order valence-corrected chi connectivity index (χ4v) is 5.07. The predicted octanol–water partition coefficient (Wildman–Crippen LogP) is 3.35. The lowest BCUT2D eigenvalue weighted by atomic mass is 9.81. The molecule has 4 atom stereocenters. The molecule has 3 fully saturated rings. The molecule has 1 aromatic rings. The van der Waals surface area contributed by atoms with E-state index >= 15 is 0 Å². The number of rotatable bonds is 4. The second kappa shape index (κ2) is 6.29. The van der Waals surface area contributed by atoms with Gasteiger partial charge in [0.2, 0.25) is 17.7 Å². The fourth-order valence-electron chi connectivity index (χ4n) is 4.72. The van der Waals surface area contributed by atoms with Gasteiger partial charge in [-0.05, 0) is 43.2 Å². The van der Waals surface area contributed by atoms with Gasteiger partial charge in [0.05, 0.1) is 27.6 Å². The molecule has 0 spiro atoms. The van der Waals surface area contributed by atoms with Crippen LogP contribution in [0.1, 0.15) is 25.7 Å². The van der Waals surface area contributed by atoms with Gasteiger partial charge in [-0.2, -0.15) is 0 Å². The quantitative estimate of drug-likeness (QED) is 0.814. The topological polar surface area (TPSA) is 66.5 Å². The average molecular weight is 381 g/mol. The fraction of sp³-hybridized carbons (Fsp3) is 0.500. The molecule has 25 heavy (non-hydrogen) atoms. The second-order valence-corrected chi connectivity index (χ2v) is 7.90. The number of imide groups is 1. The Bertz CT molecular complexity index is 739. The van der Waals surface area contributed by atoms with E-state index in [1.807, 2.05) is 0 Å². The van der Waals surface area contributed by atoms with Crippen molar-refractivity contribution in [3.63, 3.8) is 0 Å². The van der Waals surface area contributed by atoms with Crippen molar-refractivity contribution < 1.29 is 14.4 Å². The van der Waals surface area contributed by atoms with Crippen molar-refractivity contribution in [2.75, 3.05) is 11.9 Å². The van der Waals surface area contributed by atoms with Gasteiger partial charge in [-0.15, -0.1) is 0 Å². The SMILES string of the molecule is O=C(CCN1C(=O)C2C3CCC(C3)C2C1=O)Nc1cccc(Cl)c1Cl. The molecule has 3 aliphatic rings. The summed E-state index contributed by atoms with van der Waals surface area (Å²) in [5, 5.41) is 3.31. The van der Waals surface area contributed by atoms with Crippen LogP contribution in [0.3, 0.4) is 0 Å². The van der Waals surface area contributed by atoms with Gasteiger partial charge in [-0.1, -0.05) is 29.3 Å². The molecule has 3 amide bonds. The third kappa shape index (κ3) is 2.74. The highest BCUT2D eigenvalue weighted by Crippen LogP contribution is 2.56. The van der Waals surface area contributed by atoms with E-state index < -0.39 is 0 Å². The van der Waals surface area contributed by atoms with Crippen molar-refractivity contribution in [1.29, 1.82) is 0 Å². The van der Waals surface area contributed by atoms with Gasteiger partial charge in [-0.25, -0.2) is 0 Å². The summed E-state index contributed by atoms with van der Waals surface area (Å²) in [6.07, 6.45) is 3.16. The summed E-state index contributed by atoms with van der Waals surface area (Å²) < 4.78 is 0. The zero-order valence-electron chi connectivity index (χ0n) is 13.5. The number of anilines is 1. The zero-order chi connectivity index (χ0) is 17.7. The molecular weight excluding hydrogens is 363 g/mol. The van der Waals surface area contributed by atoms with Gasteiger partial charge < -0.3 is 5.32 Å². The van der Waals surface area contributed by atoms with E-state index in [9.17, 15) is 14.4 Å². The summed E-state index contributed by atoms with van der Waals surface area (Å²) in [4.78, 5) is 38.6. The lowest BCUT2D eigenvalue weighted by molar-refractivity contribution is -0.140. The van der Waals surface area contributed by atoms with Gasteiger partial charge in [0.25, 0.3) is 0 Å². The Labute approximate surface area is 155 Å². The van der Waals surface area contributed by atoms with E-state index in [0.29, 0.717) is 22.5 Å². The molecule has 2 bridgehead atoms. The third-order valence-electron chi connectivity index (χ3n) is 5.81. The number of amides is 3. The largest absolute Gasteiger partial charge is 0.325 e. The van der Waals surface area contributed by atoms with E-state index in [4.69, 9.17) is 23.2 Å². The van der Waals surface area contributed by atoms with Gasteiger partial charge >= 0.3 is 0 Å². The minimum absolute atomic E-state index is 0.0507. The maximum atomic E-state index is 12.6. The van der Waals surface area contributed by atoms with Crippen LogP contribution < -0.4 is 5.32 Å². The van der Waals surface area contributed by atoms with Crippen LogP contribution in [-0.4, -0.2) is 29.2 Å².